The Bertz CT molecular complexity index is 424. The van der Waals surface area contributed by atoms with Crippen molar-refractivity contribution in [1.82, 2.24) is 5.32 Å². The second kappa shape index (κ2) is 5.74. The Morgan fingerprint density at radius 2 is 2.00 bits per heavy atom. The maximum absolute atomic E-state index is 11.3. The topological polar surface area (TPSA) is 49.3 Å². The van der Waals surface area contributed by atoms with Crippen molar-refractivity contribution < 1.29 is 9.90 Å². The molecule has 0 heterocycles. The SMILES string of the molecule is CC(C)(CCc1ccccc1)NC(C(=O)O)C1CC1. The van der Waals surface area contributed by atoms with Gasteiger partial charge in [-0.1, -0.05) is 30.3 Å². The number of nitrogens with one attached hydrogen (secondary N) is 1. The second-order valence-corrected chi connectivity index (χ2v) is 6.17. The van der Waals surface area contributed by atoms with Gasteiger partial charge in [-0.25, -0.2) is 0 Å². The first-order valence-electron chi connectivity index (χ1n) is 7.02. The van der Waals surface area contributed by atoms with E-state index in [9.17, 15) is 9.90 Å². The monoisotopic (exact) mass is 261 g/mol. The molecule has 0 aromatic heterocycles. The Morgan fingerprint density at radius 3 is 2.53 bits per heavy atom. The number of carboxylic acid groups (broad SMARTS) is 1. The van der Waals surface area contributed by atoms with Crippen molar-refractivity contribution in [3.05, 3.63) is 35.9 Å². The van der Waals surface area contributed by atoms with Gasteiger partial charge in [-0.3, -0.25) is 10.1 Å². The lowest BCUT2D eigenvalue weighted by Crippen LogP contribution is -2.50. The minimum atomic E-state index is -0.713. The van der Waals surface area contributed by atoms with E-state index in [2.05, 4.69) is 31.3 Å². The molecular formula is C16H23NO2. The largest absolute Gasteiger partial charge is 0.480 e. The summed E-state index contributed by atoms with van der Waals surface area (Å²) in [5, 5.41) is 12.6. The van der Waals surface area contributed by atoms with Crippen LogP contribution in [0.1, 0.15) is 38.7 Å². The van der Waals surface area contributed by atoms with Crippen LogP contribution in [0, 0.1) is 5.92 Å². The van der Waals surface area contributed by atoms with Gasteiger partial charge in [0.25, 0.3) is 0 Å². The van der Waals surface area contributed by atoms with Crippen LogP contribution < -0.4 is 5.32 Å². The number of aryl methyl sites for hydroxylation is 1. The summed E-state index contributed by atoms with van der Waals surface area (Å²) >= 11 is 0. The molecule has 1 unspecified atom stereocenters. The number of aliphatic carboxylic acids is 1. The second-order valence-electron chi connectivity index (χ2n) is 6.17. The Morgan fingerprint density at radius 1 is 1.37 bits per heavy atom. The number of carbonyl (C=O) groups is 1. The molecule has 3 nitrogen and oxygen atoms in total. The molecule has 0 saturated heterocycles. The number of benzene rings is 1. The normalized spacial score (nSPS) is 17.2. The number of rotatable bonds is 7. The summed E-state index contributed by atoms with van der Waals surface area (Å²) < 4.78 is 0. The molecule has 1 aromatic carbocycles. The van der Waals surface area contributed by atoms with E-state index < -0.39 is 5.97 Å². The van der Waals surface area contributed by atoms with E-state index in [0.29, 0.717) is 5.92 Å². The molecule has 0 aliphatic heterocycles. The van der Waals surface area contributed by atoms with E-state index in [1.165, 1.54) is 5.56 Å². The highest BCUT2D eigenvalue weighted by Crippen LogP contribution is 2.34. The van der Waals surface area contributed by atoms with Gasteiger partial charge in [-0.05, 0) is 51.0 Å². The fourth-order valence-electron chi connectivity index (χ4n) is 2.41. The molecule has 1 atom stereocenters. The molecule has 1 aliphatic rings. The molecule has 0 spiro atoms. The van der Waals surface area contributed by atoms with Crippen LogP contribution in [0.3, 0.4) is 0 Å². The summed E-state index contributed by atoms with van der Waals surface area (Å²) in [7, 11) is 0. The van der Waals surface area contributed by atoms with Crippen LogP contribution in [0.25, 0.3) is 0 Å². The van der Waals surface area contributed by atoms with Gasteiger partial charge >= 0.3 is 5.97 Å². The van der Waals surface area contributed by atoms with E-state index in [-0.39, 0.29) is 11.6 Å². The molecular weight excluding hydrogens is 238 g/mol. The van der Waals surface area contributed by atoms with Crippen LogP contribution in [0.15, 0.2) is 30.3 Å². The first kappa shape index (κ1) is 14.1. The molecule has 0 amide bonds. The predicted molar refractivity (Wildman–Crippen MR) is 76.1 cm³/mol. The quantitative estimate of drug-likeness (QED) is 0.793. The highest BCUT2D eigenvalue weighted by Gasteiger charge is 2.38. The van der Waals surface area contributed by atoms with Gasteiger partial charge in [0.05, 0.1) is 0 Å². The van der Waals surface area contributed by atoms with Crippen molar-refractivity contribution in [2.75, 3.05) is 0 Å². The van der Waals surface area contributed by atoms with Gasteiger partial charge in [0.1, 0.15) is 6.04 Å². The fourth-order valence-corrected chi connectivity index (χ4v) is 2.41. The zero-order valence-corrected chi connectivity index (χ0v) is 11.7. The molecule has 19 heavy (non-hydrogen) atoms. The molecule has 1 aromatic rings. The van der Waals surface area contributed by atoms with Crippen LogP contribution >= 0.6 is 0 Å². The van der Waals surface area contributed by atoms with Gasteiger partial charge < -0.3 is 5.11 Å². The summed E-state index contributed by atoms with van der Waals surface area (Å²) in [5.41, 5.74) is 1.15. The molecule has 1 aliphatic carbocycles. The predicted octanol–water partition coefficient (Wildman–Crippen LogP) is 2.85. The van der Waals surface area contributed by atoms with E-state index in [1.807, 2.05) is 18.2 Å². The van der Waals surface area contributed by atoms with Crippen molar-refractivity contribution in [3.63, 3.8) is 0 Å². The number of carboxylic acids is 1. The minimum Gasteiger partial charge on any atom is -0.480 e. The van der Waals surface area contributed by atoms with Crippen LogP contribution in [0.5, 0.6) is 0 Å². The number of hydrogen-bond donors (Lipinski definition) is 2. The summed E-state index contributed by atoms with van der Waals surface area (Å²) in [6.07, 6.45) is 3.99. The van der Waals surface area contributed by atoms with Crippen LogP contribution in [-0.2, 0) is 11.2 Å². The zero-order valence-electron chi connectivity index (χ0n) is 11.7. The third-order valence-corrected chi connectivity index (χ3v) is 3.79. The van der Waals surface area contributed by atoms with Gasteiger partial charge in [0.15, 0.2) is 0 Å². The molecule has 104 valence electrons. The smallest absolute Gasteiger partial charge is 0.320 e. The third kappa shape index (κ3) is 4.35. The third-order valence-electron chi connectivity index (χ3n) is 3.79. The maximum atomic E-state index is 11.3. The Labute approximate surface area is 115 Å². The average molecular weight is 261 g/mol. The maximum Gasteiger partial charge on any atom is 0.320 e. The Hall–Kier alpha value is -1.35. The highest BCUT2D eigenvalue weighted by molar-refractivity contribution is 5.74. The Balaban J connectivity index is 1.88. The molecule has 0 bridgehead atoms. The van der Waals surface area contributed by atoms with E-state index in [1.54, 1.807) is 0 Å². The summed E-state index contributed by atoms with van der Waals surface area (Å²) in [5.74, 6) is -0.385. The fraction of sp³-hybridized carbons (Fsp3) is 0.562. The van der Waals surface area contributed by atoms with Gasteiger partial charge in [0.2, 0.25) is 0 Å². The van der Waals surface area contributed by atoms with Crippen molar-refractivity contribution in [3.8, 4) is 0 Å². The average Bonchev–Trinajstić information content (AvgIpc) is 3.19. The van der Waals surface area contributed by atoms with Crippen molar-refractivity contribution in [2.24, 2.45) is 5.92 Å². The standard InChI is InChI=1S/C16H23NO2/c1-16(2,11-10-12-6-4-3-5-7-12)17-14(15(18)19)13-8-9-13/h3-7,13-14,17H,8-11H2,1-2H3,(H,18,19). The van der Waals surface area contributed by atoms with Crippen molar-refractivity contribution in [2.45, 2.75) is 51.1 Å². The first-order chi connectivity index (χ1) is 8.98. The van der Waals surface area contributed by atoms with Crippen molar-refractivity contribution >= 4 is 5.97 Å². The van der Waals surface area contributed by atoms with E-state index in [4.69, 9.17) is 0 Å². The Kier molecular flexibility index (Phi) is 4.25. The van der Waals surface area contributed by atoms with Crippen LogP contribution in [-0.4, -0.2) is 22.7 Å². The number of hydrogen-bond acceptors (Lipinski definition) is 2. The first-order valence-corrected chi connectivity index (χ1v) is 7.02. The minimum absolute atomic E-state index is 0.151. The molecule has 1 fully saturated rings. The molecule has 0 radical (unpaired) electrons. The lowest BCUT2D eigenvalue weighted by atomic mass is 9.93. The molecule has 2 rings (SSSR count). The van der Waals surface area contributed by atoms with Gasteiger partial charge in [-0.2, -0.15) is 0 Å². The summed E-state index contributed by atoms with van der Waals surface area (Å²) in [4.78, 5) is 11.3. The summed E-state index contributed by atoms with van der Waals surface area (Å²) in [6, 6.07) is 9.95. The highest BCUT2D eigenvalue weighted by atomic mass is 16.4. The van der Waals surface area contributed by atoms with Crippen molar-refractivity contribution in [1.29, 1.82) is 0 Å². The molecule has 3 heteroatoms. The van der Waals surface area contributed by atoms with E-state index >= 15 is 0 Å². The summed E-state index contributed by atoms with van der Waals surface area (Å²) in [6.45, 7) is 4.18. The lowest BCUT2D eigenvalue weighted by Gasteiger charge is -2.30. The van der Waals surface area contributed by atoms with Gasteiger partial charge in [0, 0.05) is 5.54 Å². The molecule has 1 saturated carbocycles. The zero-order chi connectivity index (χ0) is 13.9. The van der Waals surface area contributed by atoms with Gasteiger partial charge in [-0.15, -0.1) is 0 Å². The van der Waals surface area contributed by atoms with Crippen LogP contribution in [0.2, 0.25) is 0 Å². The molecule has 2 N–H and O–H groups in total. The van der Waals surface area contributed by atoms with Crippen LogP contribution in [0.4, 0.5) is 0 Å². The lowest BCUT2D eigenvalue weighted by molar-refractivity contribution is -0.140. The van der Waals surface area contributed by atoms with E-state index in [0.717, 1.165) is 25.7 Å².